The number of ether oxygens (including phenoxy) is 2. The summed E-state index contributed by atoms with van der Waals surface area (Å²) in [6, 6.07) is 30.0. The molecule has 0 aliphatic carbocycles. The minimum atomic E-state index is -4.24. The molecule has 4 rings (SSSR count). The van der Waals surface area contributed by atoms with Gasteiger partial charge in [0.2, 0.25) is 11.8 Å². The third-order valence-electron chi connectivity index (χ3n) is 7.15. The Bertz CT molecular complexity index is 1680. The number of amides is 2. The van der Waals surface area contributed by atoms with E-state index >= 15 is 0 Å². The minimum Gasteiger partial charge on any atom is -0.497 e. The number of nitrogens with one attached hydrogen (secondary N) is 1. The standard InChI is InChI=1S/C35H39N3O6S/c1-26(2)36-35(40)32(23-27-14-7-5-8-15-27)37(24-28-16-13-17-29(22-28)43-3)34(39)25-38(31-20-11-12-21-33(31)44-4)45(41,42)30-18-9-6-10-19-30/h5-22,26,32H,23-25H2,1-4H3,(H,36,40). The van der Waals surface area contributed by atoms with Crippen molar-refractivity contribution >= 4 is 27.5 Å². The van der Waals surface area contributed by atoms with E-state index in [-0.39, 0.29) is 41.2 Å². The lowest BCUT2D eigenvalue weighted by molar-refractivity contribution is -0.140. The van der Waals surface area contributed by atoms with Gasteiger partial charge in [0.1, 0.15) is 24.1 Å². The van der Waals surface area contributed by atoms with Gasteiger partial charge >= 0.3 is 0 Å². The van der Waals surface area contributed by atoms with Crippen LogP contribution in [-0.2, 0) is 32.6 Å². The fraction of sp³-hybridized carbons (Fsp3) is 0.257. The van der Waals surface area contributed by atoms with E-state index in [2.05, 4.69) is 5.32 Å². The molecule has 0 fully saturated rings. The quantitative estimate of drug-likeness (QED) is 0.209. The van der Waals surface area contributed by atoms with Crippen molar-refractivity contribution in [2.45, 2.75) is 43.8 Å². The second kappa shape index (κ2) is 15.3. The first-order valence-electron chi connectivity index (χ1n) is 14.6. The predicted molar refractivity (Wildman–Crippen MR) is 175 cm³/mol. The molecule has 0 heterocycles. The maximum Gasteiger partial charge on any atom is 0.264 e. The summed E-state index contributed by atoms with van der Waals surface area (Å²) in [7, 11) is -1.25. The molecule has 0 spiro atoms. The summed E-state index contributed by atoms with van der Waals surface area (Å²) in [4.78, 5) is 29.8. The normalized spacial score (nSPS) is 11.8. The van der Waals surface area contributed by atoms with Crippen molar-refractivity contribution in [3.8, 4) is 11.5 Å². The van der Waals surface area contributed by atoms with Crippen LogP contribution in [0.15, 0.2) is 114 Å². The molecule has 1 unspecified atom stereocenters. The SMILES string of the molecule is COc1cccc(CN(C(=O)CN(c2ccccc2OC)S(=O)(=O)c2ccccc2)C(Cc2ccccc2)C(=O)NC(C)C)c1. The number of hydrogen-bond acceptors (Lipinski definition) is 6. The lowest BCUT2D eigenvalue weighted by Gasteiger charge is -2.34. The van der Waals surface area contributed by atoms with Crippen LogP contribution in [0.2, 0.25) is 0 Å². The number of rotatable bonds is 14. The molecule has 0 aliphatic rings. The van der Waals surface area contributed by atoms with Crippen LogP contribution in [0.5, 0.6) is 11.5 Å². The van der Waals surface area contributed by atoms with Gasteiger partial charge in [-0.3, -0.25) is 13.9 Å². The zero-order chi connectivity index (χ0) is 32.4. The van der Waals surface area contributed by atoms with Crippen LogP contribution < -0.4 is 19.1 Å². The molecule has 0 saturated carbocycles. The fourth-order valence-electron chi connectivity index (χ4n) is 4.97. The van der Waals surface area contributed by atoms with Crippen LogP contribution in [-0.4, -0.2) is 58.0 Å². The number of carbonyl (C=O) groups is 2. The molecule has 1 atom stereocenters. The highest BCUT2D eigenvalue weighted by Crippen LogP contribution is 2.32. The zero-order valence-corrected chi connectivity index (χ0v) is 26.7. The number of sulfonamides is 1. The molecule has 10 heteroatoms. The van der Waals surface area contributed by atoms with Gasteiger partial charge in [-0.15, -0.1) is 0 Å². The molecule has 1 N–H and O–H groups in total. The van der Waals surface area contributed by atoms with E-state index in [9.17, 15) is 18.0 Å². The number of para-hydroxylation sites is 2. The Balaban J connectivity index is 1.83. The lowest BCUT2D eigenvalue weighted by atomic mass is 10.0. The Kier molecular flexibility index (Phi) is 11.2. The second-order valence-electron chi connectivity index (χ2n) is 10.7. The maximum absolute atomic E-state index is 14.6. The van der Waals surface area contributed by atoms with Gasteiger partial charge in [0.15, 0.2) is 0 Å². The fourth-order valence-corrected chi connectivity index (χ4v) is 6.42. The van der Waals surface area contributed by atoms with Gasteiger partial charge in [-0.1, -0.05) is 72.8 Å². The predicted octanol–water partition coefficient (Wildman–Crippen LogP) is 5.06. The largest absolute Gasteiger partial charge is 0.497 e. The Morgan fingerprint density at radius 3 is 2.04 bits per heavy atom. The molecule has 0 aliphatic heterocycles. The molecular weight excluding hydrogens is 590 g/mol. The summed E-state index contributed by atoms with van der Waals surface area (Å²) in [5.41, 5.74) is 1.76. The third-order valence-corrected chi connectivity index (χ3v) is 8.93. The average molecular weight is 630 g/mol. The monoisotopic (exact) mass is 629 g/mol. The minimum absolute atomic E-state index is 0.0152. The van der Waals surface area contributed by atoms with E-state index in [0.717, 1.165) is 9.87 Å². The zero-order valence-electron chi connectivity index (χ0n) is 25.9. The molecular formula is C35H39N3O6S. The topological polar surface area (TPSA) is 105 Å². The van der Waals surface area contributed by atoms with Gasteiger partial charge in [0, 0.05) is 19.0 Å². The molecule has 0 aromatic heterocycles. The van der Waals surface area contributed by atoms with Crippen LogP contribution in [0, 0.1) is 0 Å². The van der Waals surface area contributed by atoms with E-state index in [0.29, 0.717) is 11.3 Å². The summed E-state index contributed by atoms with van der Waals surface area (Å²) >= 11 is 0. The molecule has 2 amide bonds. The number of methoxy groups -OCH3 is 2. The molecule has 4 aromatic carbocycles. The maximum atomic E-state index is 14.6. The summed E-state index contributed by atoms with van der Waals surface area (Å²) in [5, 5.41) is 2.96. The van der Waals surface area contributed by atoms with Gasteiger partial charge in [-0.05, 0) is 61.4 Å². The Hall–Kier alpha value is -4.83. The van der Waals surface area contributed by atoms with E-state index in [1.807, 2.05) is 50.2 Å². The average Bonchev–Trinajstić information content (AvgIpc) is 3.05. The summed E-state index contributed by atoms with van der Waals surface area (Å²) < 4.78 is 40.3. The van der Waals surface area contributed by atoms with Crippen LogP contribution in [0.4, 0.5) is 5.69 Å². The molecule has 236 valence electrons. The van der Waals surface area contributed by atoms with E-state index in [1.165, 1.54) is 24.1 Å². The number of carbonyl (C=O) groups excluding carboxylic acids is 2. The highest BCUT2D eigenvalue weighted by molar-refractivity contribution is 7.92. The number of benzene rings is 4. The molecule has 0 radical (unpaired) electrons. The Morgan fingerprint density at radius 1 is 0.778 bits per heavy atom. The van der Waals surface area contributed by atoms with Crippen molar-refractivity contribution in [2.24, 2.45) is 0 Å². The molecule has 0 saturated heterocycles. The van der Waals surface area contributed by atoms with Gasteiger partial charge < -0.3 is 19.7 Å². The van der Waals surface area contributed by atoms with Crippen LogP contribution >= 0.6 is 0 Å². The number of anilines is 1. The molecule has 4 aromatic rings. The molecule has 45 heavy (non-hydrogen) atoms. The summed E-state index contributed by atoms with van der Waals surface area (Å²) in [6.07, 6.45) is 0.217. The van der Waals surface area contributed by atoms with Crippen LogP contribution in [0.3, 0.4) is 0 Å². The van der Waals surface area contributed by atoms with Crippen molar-refractivity contribution in [1.29, 1.82) is 0 Å². The van der Waals surface area contributed by atoms with E-state index in [1.54, 1.807) is 67.8 Å². The molecule has 9 nitrogen and oxygen atoms in total. The van der Waals surface area contributed by atoms with Gasteiger partial charge in [0.25, 0.3) is 10.0 Å². The van der Waals surface area contributed by atoms with Crippen molar-refractivity contribution in [2.75, 3.05) is 25.1 Å². The smallest absolute Gasteiger partial charge is 0.264 e. The highest BCUT2D eigenvalue weighted by atomic mass is 32.2. The highest BCUT2D eigenvalue weighted by Gasteiger charge is 2.35. The Morgan fingerprint density at radius 2 is 1.40 bits per heavy atom. The van der Waals surface area contributed by atoms with E-state index in [4.69, 9.17) is 9.47 Å². The summed E-state index contributed by atoms with van der Waals surface area (Å²) in [6.45, 7) is 3.15. The number of nitrogens with zero attached hydrogens (tertiary/aromatic N) is 2. The second-order valence-corrected chi connectivity index (χ2v) is 12.6. The van der Waals surface area contributed by atoms with Crippen LogP contribution in [0.25, 0.3) is 0 Å². The lowest BCUT2D eigenvalue weighted by Crippen LogP contribution is -2.54. The summed E-state index contributed by atoms with van der Waals surface area (Å²) in [5.74, 6) is -0.0427. The van der Waals surface area contributed by atoms with Crippen molar-refractivity contribution < 1.29 is 27.5 Å². The first kappa shape index (κ1) is 33.1. The van der Waals surface area contributed by atoms with Gasteiger partial charge in [0.05, 0.1) is 24.8 Å². The van der Waals surface area contributed by atoms with Crippen molar-refractivity contribution in [3.63, 3.8) is 0 Å². The van der Waals surface area contributed by atoms with Crippen molar-refractivity contribution in [3.05, 3.63) is 120 Å². The third kappa shape index (κ3) is 8.42. The van der Waals surface area contributed by atoms with Gasteiger partial charge in [-0.25, -0.2) is 8.42 Å². The van der Waals surface area contributed by atoms with E-state index < -0.39 is 28.5 Å². The van der Waals surface area contributed by atoms with Crippen LogP contribution in [0.1, 0.15) is 25.0 Å². The van der Waals surface area contributed by atoms with Crippen molar-refractivity contribution in [1.82, 2.24) is 10.2 Å². The molecule has 0 bridgehead atoms. The number of hydrogen-bond donors (Lipinski definition) is 1. The van der Waals surface area contributed by atoms with Gasteiger partial charge in [-0.2, -0.15) is 0 Å². The Labute approximate surface area is 265 Å². The first-order valence-corrected chi connectivity index (χ1v) is 16.1. The first-order chi connectivity index (χ1) is 21.6.